The molecule has 1 fully saturated rings. The first kappa shape index (κ1) is 20.7. The van der Waals surface area contributed by atoms with Gasteiger partial charge in [-0.2, -0.15) is 0 Å². The number of aliphatic hydroxyl groups is 1. The van der Waals surface area contributed by atoms with Crippen molar-refractivity contribution in [1.82, 2.24) is 0 Å². The van der Waals surface area contributed by atoms with Gasteiger partial charge in [-0.05, 0) is 80.1 Å². The minimum atomic E-state index is -0.282. The number of carbonyl (C=O) groups excluding carboxylic acids is 1. The lowest BCUT2D eigenvalue weighted by molar-refractivity contribution is -0.117. The minimum Gasteiger partial charge on any atom is -0.393 e. The fourth-order valence-corrected chi connectivity index (χ4v) is 5.43. The van der Waals surface area contributed by atoms with Crippen LogP contribution in [0.3, 0.4) is 0 Å². The van der Waals surface area contributed by atoms with Crippen LogP contribution in [0.2, 0.25) is 0 Å². The standard InChI is InChI=1S/C23H40O2/c1-8-15(2)18-9-10-19-16(3)21(25)12-14-23(19,7)20(18)11-13-22(5,6)17(4)24/h15,17-18,20,24H,8-14H2,1-7H3. The van der Waals surface area contributed by atoms with E-state index in [2.05, 4.69) is 41.5 Å². The molecule has 0 radical (unpaired) electrons. The molecule has 0 aromatic heterocycles. The quantitative estimate of drug-likeness (QED) is 0.645. The topological polar surface area (TPSA) is 37.3 Å². The Balaban J connectivity index is 2.35. The first-order valence-corrected chi connectivity index (χ1v) is 10.5. The van der Waals surface area contributed by atoms with Crippen molar-refractivity contribution in [2.45, 2.75) is 99.5 Å². The third-order valence-corrected chi connectivity index (χ3v) is 8.10. The lowest BCUT2D eigenvalue weighted by Gasteiger charge is -2.53. The van der Waals surface area contributed by atoms with Gasteiger partial charge in [0.25, 0.3) is 0 Å². The molecule has 2 aliphatic rings. The first-order valence-electron chi connectivity index (χ1n) is 10.5. The Labute approximate surface area is 155 Å². The highest BCUT2D eigenvalue weighted by molar-refractivity contribution is 5.96. The summed E-state index contributed by atoms with van der Waals surface area (Å²) >= 11 is 0. The van der Waals surface area contributed by atoms with E-state index in [9.17, 15) is 9.90 Å². The van der Waals surface area contributed by atoms with Crippen LogP contribution in [-0.4, -0.2) is 17.0 Å². The van der Waals surface area contributed by atoms with Gasteiger partial charge < -0.3 is 5.11 Å². The Kier molecular flexibility index (Phi) is 6.24. The molecule has 0 aromatic rings. The monoisotopic (exact) mass is 348 g/mol. The lowest BCUT2D eigenvalue weighted by Crippen LogP contribution is -2.45. The second-order valence-electron chi connectivity index (χ2n) is 9.84. The number of hydrogen-bond acceptors (Lipinski definition) is 2. The number of aliphatic hydroxyl groups excluding tert-OH is 1. The summed E-state index contributed by atoms with van der Waals surface area (Å²) in [6.07, 6.45) is 7.24. The van der Waals surface area contributed by atoms with E-state index in [1.54, 1.807) is 0 Å². The molecule has 2 heteroatoms. The number of rotatable bonds is 6. The Morgan fingerprint density at radius 2 is 1.92 bits per heavy atom. The zero-order chi connectivity index (χ0) is 19.0. The molecule has 0 saturated heterocycles. The summed E-state index contributed by atoms with van der Waals surface area (Å²) in [5, 5.41) is 10.2. The van der Waals surface area contributed by atoms with E-state index in [0.29, 0.717) is 11.7 Å². The average molecular weight is 349 g/mol. The van der Waals surface area contributed by atoms with Gasteiger partial charge in [0.2, 0.25) is 0 Å². The van der Waals surface area contributed by atoms with Crippen molar-refractivity contribution in [1.29, 1.82) is 0 Å². The molecule has 2 aliphatic carbocycles. The van der Waals surface area contributed by atoms with Crippen LogP contribution in [0.15, 0.2) is 11.1 Å². The molecule has 1 saturated carbocycles. The molecule has 0 bridgehead atoms. The van der Waals surface area contributed by atoms with Crippen LogP contribution >= 0.6 is 0 Å². The van der Waals surface area contributed by atoms with E-state index >= 15 is 0 Å². The van der Waals surface area contributed by atoms with Crippen molar-refractivity contribution in [2.24, 2.45) is 28.6 Å². The highest BCUT2D eigenvalue weighted by atomic mass is 16.3. The maximum absolute atomic E-state index is 12.3. The molecular weight excluding hydrogens is 308 g/mol. The highest BCUT2D eigenvalue weighted by Crippen LogP contribution is 2.57. The van der Waals surface area contributed by atoms with Crippen LogP contribution < -0.4 is 0 Å². The summed E-state index contributed by atoms with van der Waals surface area (Å²) in [6, 6.07) is 0. The van der Waals surface area contributed by atoms with E-state index < -0.39 is 0 Å². The van der Waals surface area contributed by atoms with E-state index in [-0.39, 0.29) is 16.9 Å². The fraction of sp³-hybridized carbons (Fsp3) is 0.870. The van der Waals surface area contributed by atoms with Crippen LogP contribution in [0.25, 0.3) is 0 Å². The Morgan fingerprint density at radius 1 is 1.28 bits per heavy atom. The molecule has 2 nitrogen and oxygen atoms in total. The number of fused-ring (bicyclic) bond motifs is 1. The number of ketones is 1. The number of carbonyl (C=O) groups is 1. The van der Waals surface area contributed by atoms with Gasteiger partial charge in [0.15, 0.2) is 5.78 Å². The summed E-state index contributed by atoms with van der Waals surface area (Å²) in [5.74, 6) is 2.48. The first-order chi connectivity index (χ1) is 11.5. The molecule has 144 valence electrons. The summed E-state index contributed by atoms with van der Waals surface area (Å²) in [5.41, 5.74) is 2.66. The van der Waals surface area contributed by atoms with Crippen LogP contribution in [0, 0.1) is 28.6 Å². The second-order valence-corrected chi connectivity index (χ2v) is 9.84. The molecule has 0 heterocycles. The number of Topliss-reactive ketones (excluding diaryl/α,β-unsaturated/α-hetero) is 1. The van der Waals surface area contributed by atoms with Crippen LogP contribution in [0.5, 0.6) is 0 Å². The van der Waals surface area contributed by atoms with Crippen molar-refractivity contribution in [2.75, 3.05) is 0 Å². The van der Waals surface area contributed by atoms with Crippen molar-refractivity contribution >= 4 is 5.78 Å². The van der Waals surface area contributed by atoms with E-state index in [1.807, 2.05) is 6.92 Å². The third-order valence-electron chi connectivity index (χ3n) is 8.10. The molecule has 5 atom stereocenters. The molecule has 2 rings (SSSR count). The van der Waals surface area contributed by atoms with Crippen molar-refractivity contribution in [3.05, 3.63) is 11.1 Å². The Morgan fingerprint density at radius 3 is 2.48 bits per heavy atom. The minimum absolute atomic E-state index is 0.0444. The largest absolute Gasteiger partial charge is 0.393 e. The molecule has 0 spiro atoms. The summed E-state index contributed by atoms with van der Waals surface area (Å²) in [4.78, 5) is 12.3. The molecule has 0 aliphatic heterocycles. The maximum atomic E-state index is 12.3. The fourth-order valence-electron chi connectivity index (χ4n) is 5.43. The van der Waals surface area contributed by atoms with Gasteiger partial charge in [-0.15, -0.1) is 0 Å². The SMILES string of the molecule is CCC(C)C1CCC2=C(C)C(=O)CCC2(C)C1CCC(C)(C)C(C)O. The summed E-state index contributed by atoms with van der Waals surface area (Å²) < 4.78 is 0. The van der Waals surface area contributed by atoms with Crippen molar-refractivity contribution in [3.63, 3.8) is 0 Å². The van der Waals surface area contributed by atoms with E-state index in [4.69, 9.17) is 0 Å². The van der Waals surface area contributed by atoms with Gasteiger partial charge in [-0.1, -0.05) is 46.6 Å². The second kappa shape index (κ2) is 7.55. The van der Waals surface area contributed by atoms with Crippen molar-refractivity contribution < 1.29 is 9.90 Å². The third kappa shape index (κ3) is 3.89. The average Bonchev–Trinajstić information content (AvgIpc) is 2.55. The molecule has 25 heavy (non-hydrogen) atoms. The van der Waals surface area contributed by atoms with E-state index in [1.165, 1.54) is 18.4 Å². The Bertz CT molecular complexity index is 528. The van der Waals surface area contributed by atoms with Gasteiger partial charge in [0, 0.05) is 6.42 Å². The molecule has 1 N–H and O–H groups in total. The van der Waals surface area contributed by atoms with Crippen LogP contribution in [0.4, 0.5) is 0 Å². The smallest absolute Gasteiger partial charge is 0.158 e. The number of allylic oxidation sites excluding steroid dienone is 2. The van der Waals surface area contributed by atoms with Crippen molar-refractivity contribution in [3.8, 4) is 0 Å². The Hall–Kier alpha value is -0.630. The predicted molar refractivity (Wildman–Crippen MR) is 105 cm³/mol. The molecular formula is C23H40O2. The molecule has 5 unspecified atom stereocenters. The van der Waals surface area contributed by atoms with Gasteiger partial charge in [0.05, 0.1) is 6.10 Å². The zero-order valence-corrected chi connectivity index (χ0v) is 17.6. The van der Waals surface area contributed by atoms with Gasteiger partial charge >= 0.3 is 0 Å². The van der Waals surface area contributed by atoms with E-state index in [0.717, 1.165) is 49.5 Å². The number of hydrogen-bond donors (Lipinski definition) is 1. The van der Waals surface area contributed by atoms with Gasteiger partial charge in [0.1, 0.15) is 0 Å². The molecule has 0 amide bonds. The lowest BCUT2D eigenvalue weighted by atomic mass is 9.52. The normalized spacial score (nSPS) is 33.2. The predicted octanol–water partition coefficient (Wildman–Crippen LogP) is 5.93. The van der Waals surface area contributed by atoms with Gasteiger partial charge in [-0.3, -0.25) is 4.79 Å². The summed E-state index contributed by atoms with van der Waals surface area (Å²) in [6.45, 7) is 15.5. The van der Waals surface area contributed by atoms with Crippen LogP contribution in [-0.2, 0) is 4.79 Å². The zero-order valence-electron chi connectivity index (χ0n) is 17.6. The van der Waals surface area contributed by atoms with Gasteiger partial charge in [-0.25, -0.2) is 0 Å². The van der Waals surface area contributed by atoms with Crippen LogP contribution in [0.1, 0.15) is 93.4 Å². The maximum Gasteiger partial charge on any atom is 0.158 e. The summed E-state index contributed by atoms with van der Waals surface area (Å²) in [7, 11) is 0. The highest BCUT2D eigenvalue weighted by Gasteiger charge is 2.49. The molecule has 0 aromatic carbocycles.